The molecular weight excluding hydrogens is 432 g/mol. The zero-order chi connectivity index (χ0) is 22.8. The van der Waals surface area contributed by atoms with Gasteiger partial charge in [0.25, 0.3) is 11.6 Å². The molecule has 13 nitrogen and oxygen atoms in total. The van der Waals surface area contributed by atoms with Crippen LogP contribution in [-0.4, -0.2) is 83.0 Å². The van der Waals surface area contributed by atoms with E-state index in [1.807, 2.05) is 12.4 Å². The van der Waals surface area contributed by atoms with E-state index < -0.39 is 42.5 Å². The number of amides is 2. The van der Waals surface area contributed by atoms with Gasteiger partial charge in [0.1, 0.15) is 24.6 Å². The standard InChI is InChI=1S/C17H24N6O7S/c1-3-4-5-9(25)19-15(28)17(12(27)11(26)8(6-24)30-17)23-7-18-10-13(22-29)20-16(31-2)21-14(10)23/h7-8,11-12,24,26-27,29H,3-6H2,1-2H3,(H,19,25,28)(H,20,21,22)/t8-,11-,12-,17+/m1/s1. The maximum absolute atomic E-state index is 13.2. The van der Waals surface area contributed by atoms with E-state index in [1.54, 1.807) is 6.26 Å². The molecule has 2 aromatic rings. The highest BCUT2D eigenvalue weighted by Gasteiger charge is 2.61. The van der Waals surface area contributed by atoms with Gasteiger partial charge < -0.3 is 20.1 Å². The minimum Gasteiger partial charge on any atom is -0.394 e. The second-order valence-electron chi connectivity index (χ2n) is 6.91. The van der Waals surface area contributed by atoms with Crippen molar-refractivity contribution in [2.75, 3.05) is 18.3 Å². The first-order chi connectivity index (χ1) is 14.8. The van der Waals surface area contributed by atoms with Gasteiger partial charge in [0.2, 0.25) is 5.91 Å². The second kappa shape index (κ2) is 9.42. The van der Waals surface area contributed by atoms with E-state index in [2.05, 4.69) is 20.3 Å². The number of nitrogens with one attached hydrogen (secondary N) is 2. The van der Waals surface area contributed by atoms with Crippen LogP contribution < -0.4 is 10.8 Å². The summed E-state index contributed by atoms with van der Waals surface area (Å²) in [4.78, 5) is 37.9. The minimum absolute atomic E-state index is 0.0168. The van der Waals surface area contributed by atoms with E-state index in [0.29, 0.717) is 6.42 Å². The number of carbonyl (C=O) groups is 2. The molecule has 2 amide bonds. The molecule has 6 N–H and O–H groups in total. The Labute approximate surface area is 180 Å². The molecule has 3 rings (SSSR count). The fourth-order valence-corrected chi connectivity index (χ4v) is 3.72. The summed E-state index contributed by atoms with van der Waals surface area (Å²) in [6.45, 7) is 1.19. The number of carbonyl (C=O) groups excluding carboxylic acids is 2. The number of nitrogens with zero attached hydrogens (tertiary/aromatic N) is 4. The summed E-state index contributed by atoms with van der Waals surface area (Å²) in [5.41, 5.74) is -0.436. The highest BCUT2D eigenvalue weighted by molar-refractivity contribution is 7.98. The summed E-state index contributed by atoms with van der Waals surface area (Å²) in [5, 5.41) is 42.5. The molecule has 14 heteroatoms. The lowest BCUT2D eigenvalue weighted by molar-refractivity contribution is -0.177. The number of aliphatic hydroxyl groups is 3. The van der Waals surface area contributed by atoms with Gasteiger partial charge in [-0.25, -0.2) is 15.0 Å². The molecular formula is C17H24N6O7S. The second-order valence-corrected chi connectivity index (χ2v) is 7.68. The van der Waals surface area contributed by atoms with Crippen molar-refractivity contribution < 1.29 is 34.9 Å². The lowest BCUT2D eigenvalue weighted by Crippen LogP contribution is -2.57. The number of imide groups is 1. The molecule has 0 unspecified atom stereocenters. The third-order valence-corrected chi connectivity index (χ3v) is 5.52. The van der Waals surface area contributed by atoms with Gasteiger partial charge in [-0.1, -0.05) is 25.1 Å². The molecule has 1 aliphatic heterocycles. The molecule has 0 spiro atoms. The molecule has 0 aromatic carbocycles. The molecule has 1 saturated heterocycles. The van der Waals surface area contributed by atoms with Crippen molar-refractivity contribution in [3.8, 4) is 0 Å². The highest BCUT2D eigenvalue weighted by Crippen LogP contribution is 2.38. The number of hydrogen-bond acceptors (Lipinski definition) is 12. The summed E-state index contributed by atoms with van der Waals surface area (Å²) in [6, 6.07) is 0. The fraction of sp³-hybridized carbons (Fsp3) is 0.588. The Hall–Kier alpha value is -2.36. The zero-order valence-corrected chi connectivity index (χ0v) is 17.7. The quantitative estimate of drug-likeness (QED) is 0.161. The van der Waals surface area contributed by atoms with Gasteiger partial charge in [-0.2, -0.15) is 0 Å². The van der Waals surface area contributed by atoms with Gasteiger partial charge in [0.15, 0.2) is 22.1 Å². The number of unbranched alkanes of at least 4 members (excludes halogenated alkanes) is 1. The number of aliphatic hydroxyl groups excluding tert-OH is 3. The van der Waals surface area contributed by atoms with Crippen molar-refractivity contribution in [3.63, 3.8) is 0 Å². The molecule has 0 radical (unpaired) electrons. The van der Waals surface area contributed by atoms with Crippen molar-refractivity contribution in [3.05, 3.63) is 6.33 Å². The predicted molar refractivity (Wildman–Crippen MR) is 107 cm³/mol. The van der Waals surface area contributed by atoms with Gasteiger partial charge in [-0.15, -0.1) is 0 Å². The van der Waals surface area contributed by atoms with Crippen LogP contribution >= 0.6 is 11.8 Å². The van der Waals surface area contributed by atoms with E-state index in [9.17, 15) is 30.1 Å². The van der Waals surface area contributed by atoms with Crippen molar-refractivity contribution in [2.24, 2.45) is 0 Å². The normalized spacial score (nSPS) is 25.7. The number of thioether (sulfide) groups is 1. The molecule has 3 heterocycles. The minimum atomic E-state index is -2.36. The molecule has 2 aromatic heterocycles. The molecule has 1 aliphatic rings. The lowest BCUT2D eigenvalue weighted by atomic mass is 10.0. The van der Waals surface area contributed by atoms with Gasteiger partial charge in [0.05, 0.1) is 6.61 Å². The number of imidazole rings is 1. The first kappa shape index (κ1) is 23.3. The molecule has 31 heavy (non-hydrogen) atoms. The largest absolute Gasteiger partial charge is 0.394 e. The smallest absolute Gasteiger partial charge is 0.283 e. The van der Waals surface area contributed by atoms with Crippen molar-refractivity contribution >= 4 is 40.6 Å². The third-order valence-electron chi connectivity index (χ3n) is 4.97. The first-order valence-corrected chi connectivity index (χ1v) is 10.7. The topological polar surface area (TPSA) is 192 Å². The monoisotopic (exact) mass is 456 g/mol. The molecule has 4 atom stereocenters. The Kier molecular flexibility index (Phi) is 7.08. The summed E-state index contributed by atoms with van der Waals surface area (Å²) >= 11 is 1.14. The van der Waals surface area contributed by atoms with Crippen molar-refractivity contribution in [2.45, 2.75) is 55.4 Å². The van der Waals surface area contributed by atoms with Gasteiger partial charge in [0, 0.05) is 6.42 Å². The van der Waals surface area contributed by atoms with E-state index in [1.165, 1.54) is 0 Å². The van der Waals surface area contributed by atoms with Crippen LogP contribution in [0.2, 0.25) is 0 Å². The number of fused-ring (bicyclic) bond motifs is 1. The first-order valence-electron chi connectivity index (χ1n) is 9.52. The van der Waals surface area contributed by atoms with E-state index in [4.69, 9.17) is 4.74 Å². The van der Waals surface area contributed by atoms with Gasteiger partial charge in [-0.3, -0.25) is 30.2 Å². The molecule has 0 saturated carbocycles. The SMILES string of the molecule is CCCCC(=O)NC(=O)[C@@]1(n2cnc3c(NO)nc(SC)nc32)O[C@H](CO)[C@@H](O)[C@H]1O. The molecule has 1 fully saturated rings. The summed E-state index contributed by atoms with van der Waals surface area (Å²) in [7, 11) is 0. The summed E-state index contributed by atoms with van der Waals surface area (Å²) in [5.74, 6) is -1.71. The van der Waals surface area contributed by atoms with Crippen LogP contribution in [0.25, 0.3) is 11.2 Å². The van der Waals surface area contributed by atoms with Crippen LogP contribution in [0.5, 0.6) is 0 Å². The van der Waals surface area contributed by atoms with Gasteiger partial charge in [-0.05, 0) is 12.7 Å². The Morgan fingerprint density at radius 3 is 2.68 bits per heavy atom. The number of anilines is 1. The van der Waals surface area contributed by atoms with E-state index in [-0.39, 0.29) is 28.6 Å². The summed E-state index contributed by atoms with van der Waals surface area (Å²) < 4.78 is 6.70. The Balaban J connectivity index is 2.16. The molecule has 170 valence electrons. The average Bonchev–Trinajstić information content (AvgIpc) is 3.31. The number of aromatic nitrogens is 4. The van der Waals surface area contributed by atoms with Crippen molar-refractivity contribution in [1.82, 2.24) is 24.8 Å². The van der Waals surface area contributed by atoms with Crippen LogP contribution in [0.4, 0.5) is 5.82 Å². The maximum atomic E-state index is 13.2. The van der Waals surface area contributed by atoms with Crippen LogP contribution in [-0.2, 0) is 20.1 Å². The summed E-state index contributed by atoms with van der Waals surface area (Å²) in [6.07, 6.45) is -0.699. The van der Waals surface area contributed by atoms with Crippen molar-refractivity contribution in [1.29, 1.82) is 0 Å². The number of ether oxygens (including phenoxy) is 1. The number of rotatable bonds is 8. The predicted octanol–water partition coefficient (Wildman–Crippen LogP) is -1.05. The van der Waals surface area contributed by atoms with Crippen LogP contribution in [0.15, 0.2) is 11.5 Å². The zero-order valence-electron chi connectivity index (χ0n) is 16.8. The maximum Gasteiger partial charge on any atom is 0.283 e. The van der Waals surface area contributed by atoms with Crippen LogP contribution in [0, 0.1) is 0 Å². The van der Waals surface area contributed by atoms with Crippen LogP contribution in [0.1, 0.15) is 26.2 Å². The fourth-order valence-electron chi connectivity index (χ4n) is 3.36. The lowest BCUT2D eigenvalue weighted by Gasteiger charge is -2.31. The average molecular weight is 456 g/mol. The van der Waals surface area contributed by atoms with Crippen LogP contribution in [0.3, 0.4) is 0 Å². The number of hydrogen-bond donors (Lipinski definition) is 6. The van der Waals surface area contributed by atoms with E-state index >= 15 is 0 Å². The molecule has 0 bridgehead atoms. The Morgan fingerprint density at radius 1 is 1.35 bits per heavy atom. The van der Waals surface area contributed by atoms with Gasteiger partial charge >= 0.3 is 0 Å². The Morgan fingerprint density at radius 2 is 2.10 bits per heavy atom. The highest BCUT2D eigenvalue weighted by atomic mass is 32.2. The molecule has 0 aliphatic carbocycles. The third kappa shape index (κ3) is 3.97. The Bertz CT molecular complexity index is 972. The van der Waals surface area contributed by atoms with E-state index in [0.717, 1.165) is 29.1 Å².